The Hall–Kier alpha value is -5.20. The number of benzene rings is 2. The van der Waals surface area contributed by atoms with Crippen LogP contribution in [0.5, 0.6) is 0 Å². The first-order valence-corrected chi connectivity index (χ1v) is 19.5. The fourth-order valence-corrected chi connectivity index (χ4v) is 6.85. The minimum atomic E-state index is -1.25. The van der Waals surface area contributed by atoms with Gasteiger partial charge in [-0.3, -0.25) is 9.36 Å². The fourth-order valence-electron chi connectivity index (χ4n) is 6.10. The molecule has 12 heteroatoms. The van der Waals surface area contributed by atoms with Gasteiger partial charge in [-0.1, -0.05) is 37.8 Å². The lowest BCUT2D eigenvalue weighted by Gasteiger charge is -2.20. The van der Waals surface area contributed by atoms with Crippen LogP contribution in [0.1, 0.15) is 24.4 Å². The summed E-state index contributed by atoms with van der Waals surface area (Å²) < 4.78 is 11.6. The maximum absolute atomic E-state index is 14.0. The summed E-state index contributed by atoms with van der Waals surface area (Å²) in [4.78, 5) is 26.8. The van der Waals surface area contributed by atoms with Crippen LogP contribution in [-0.4, -0.2) is 48.4 Å². The maximum Gasteiger partial charge on any atom is 0.282 e. The number of nitrogens with zero attached hydrogens (tertiary/aromatic N) is 6. The number of nitrogens with one attached hydrogen (secondary N) is 2. The molecule has 4 N–H and O–H groups in total. The lowest BCUT2D eigenvalue weighted by atomic mass is 10.0. The number of aryl methyl sites for hydroxylation is 1. The molecule has 0 unspecified atom stereocenters. The number of H-pyrrole nitrogens is 1. The Labute approximate surface area is 273 Å². The molecule has 5 heterocycles. The van der Waals surface area contributed by atoms with Crippen molar-refractivity contribution in [2.45, 2.75) is 52.3 Å². The number of hydrogen-bond acceptors (Lipinski definition) is 7. The number of nitrogen functional groups attached to an aromatic ring is 1. The molecule has 2 aromatic carbocycles. The zero-order valence-corrected chi connectivity index (χ0v) is 28.3. The minimum Gasteiger partial charge on any atom is -0.399 e. The number of ether oxygens (including phenoxy) is 1. The molecular formula is C35H39N9O2Si. The zero-order chi connectivity index (χ0) is 32.9. The SMILES string of the molecule is Cc1ccn2nc([C@H](C)Nc3ncnc4c3c(-c3cc(N)cc5[nH]ccc35)cn4COCC[Si](C)(C)C)n(-c3ccccc3)c(=O)c12. The highest BCUT2D eigenvalue weighted by Crippen LogP contribution is 2.39. The second-order valence-corrected chi connectivity index (χ2v) is 18.9. The van der Waals surface area contributed by atoms with E-state index >= 15 is 0 Å². The first-order valence-electron chi connectivity index (χ1n) is 15.8. The molecule has 0 bridgehead atoms. The van der Waals surface area contributed by atoms with Gasteiger partial charge in [0, 0.05) is 55.4 Å². The number of hydrogen-bond donors (Lipinski definition) is 3. The smallest absolute Gasteiger partial charge is 0.282 e. The molecule has 1 atom stereocenters. The number of aromatic amines is 1. The summed E-state index contributed by atoms with van der Waals surface area (Å²) in [7, 11) is -1.25. The average Bonchev–Trinajstić information content (AvgIpc) is 3.76. The highest BCUT2D eigenvalue weighted by atomic mass is 28.3. The van der Waals surface area contributed by atoms with Crippen LogP contribution < -0.4 is 16.6 Å². The van der Waals surface area contributed by atoms with Gasteiger partial charge in [0.15, 0.2) is 5.82 Å². The van der Waals surface area contributed by atoms with E-state index in [0.29, 0.717) is 36.2 Å². The second-order valence-electron chi connectivity index (χ2n) is 13.3. The molecular weight excluding hydrogens is 607 g/mol. The first-order chi connectivity index (χ1) is 22.6. The van der Waals surface area contributed by atoms with Crippen molar-refractivity contribution >= 4 is 47.0 Å². The van der Waals surface area contributed by atoms with Gasteiger partial charge in [-0.25, -0.2) is 14.5 Å². The number of anilines is 2. The Bertz CT molecular complexity index is 2290. The molecule has 0 saturated heterocycles. The lowest BCUT2D eigenvalue weighted by Crippen LogP contribution is -2.29. The number of fused-ring (bicyclic) bond motifs is 3. The molecule has 5 aromatic heterocycles. The van der Waals surface area contributed by atoms with Gasteiger partial charge in [-0.2, -0.15) is 5.10 Å². The predicted octanol–water partition coefficient (Wildman–Crippen LogP) is 6.75. The van der Waals surface area contributed by atoms with Gasteiger partial charge in [-0.15, -0.1) is 0 Å². The fraction of sp³-hybridized carbons (Fsp3) is 0.257. The molecule has 0 aliphatic rings. The van der Waals surface area contributed by atoms with E-state index in [1.807, 2.05) is 85.4 Å². The molecule has 47 heavy (non-hydrogen) atoms. The van der Waals surface area contributed by atoms with Gasteiger partial charge in [0.05, 0.1) is 17.1 Å². The van der Waals surface area contributed by atoms with Crippen LogP contribution >= 0.6 is 0 Å². The third-order valence-electron chi connectivity index (χ3n) is 8.53. The number of rotatable bonds is 10. The van der Waals surface area contributed by atoms with E-state index in [9.17, 15) is 4.79 Å². The molecule has 240 valence electrons. The summed E-state index contributed by atoms with van der Waals surface area (Å²) in [5.74, 6) is 1.16. The second kappa shape index (κ2) is 11.9. The van der Waals surface area contributed by atoms with Crippen molar-refractivity contribution in [3.8, 4) is 16.8 Å². The summed E-state index contributed by atoms with van der Waals surface area (Å²) in [5.41, 5.74) is 12.6. The Kier molecular flexibility index (Phi) is 7.69. The normalized spacial score (nSPS) is 12.8. The third-order valence-corrected chi connectivity index (χ3v) is 10.2. The van der Waals surface area contributed by atoms with Crippen molar-refractivity contribution in [3.05, 3.63) is 101 Å². The lowest BCUT2D eigenvalue weighted by molar-refractivity contribution is 0.0899. The van der Waals surface area contributed by atoms with Crippen LogP contribution in [-0.2, 0) is 11.5 Å². The molecule has 0 saturated carbocycles. The third kappa shape index (κ3) is 5.70. The van der Waals surface area contributed by atoms with E-state index in [1.165, 1.54) is 0 Å². The van der Waals surface area contributed by atoms with Crippen LogP contribution in [0.2, 0.25) is 25.7 Å². The molecule has 0 fully saturated rings. The monoisotopic (exact) mass is 645 g/mol. The minimum absolute atomic E-state index is 0.137. The molecule has 0 spiro atoms. The molecule has 0 radical (unpaired) electrons. The number of aromatic nitrogens is 7. The van der Waals surface area contributed by atoms with Crippen molar-refractivity contribution in [1.29, 1.82) is 0 Å². The van der Waals surface area contributed by atoms with Gasteiger partial charge in [0.1, 0.15) is 30.0 Å². The first kappa shape index (κ1) is 30.5. The summed E-state index contributed by atoms with van der Waals surface area (Å²) in [6, 6.07) is 18.1. The van der Waals surface area contributed by atoms with Crippen molar-refractivity contribution in [1.82, 2.24) is 33.7 Å². The van der Waals surface area contributed by atoms with Crippen molar-refractivity contribution < 1.29 is 4.74 Å². The Morgan fingerprint density at radius 1 is 1.06 bits per heavy atom. The highest BCUT2D eigenvalue weighted by molar-refractivity contribution is 6.76. The summed E-state index contributed by atoms with van der Waals surface area (Å²) >= 11 is 0. The quantitative estimate of drug-likeness (QED) is 0.0851. The summed E-state index contributed by atoms with van der Waals surface area (Å²) in [6.07, 6.45) is 7.36. The molecule has 11 nitrogen and oxygen atoms in total. The van der Waals surface area contributed by atoms with E-state index < -0.39 is 14.1 Å². The van der Waals surface area contributed by atoms with Crippen molar-refractivity contribution in [3.63, 3.8) is 0 Å². The Balaban J connectivity index is 1.37. The van der Waals surface area contributed by atoms with Crippen LogP contribution in [0.4, 0.5) is 11.5 Å². The molecule has 7 aromatic rings. The summed E-state index contributed by atoms with van der Waals surface area (Å²) in [5, 5.41) is 10.4. The molecule has 0 aliphatic carbocycles. The van der Waals surface area contributed by atoms with Crippen LogP contribution in [0.15, 0.2) is 84.3 Å². The van der Waals surface area contributed by atoms with Crippen LogP contribution in [0.3, 0.4) is 0 Å². The molecule has 0 amide bonds. The summed E-state index contributed by atoms with van der Waals surface area (Å²) in [6.45, 7) is 12.0. The predicted molar refractivity (Wildman–Crippen MR) is 191 cm³/mol. The highest BCUT2D eigenvalue weighted by Gasteiger charge is 2.24. The van der Waals surface area contributed by atoms with Crippen molar-refractivity contribution in [2.75, 3.05) is 17.7 Å². The van der Waals surface area contributed by atoms with E-state index in [1.54, 1.807) is 15.4 Å². The topological polar surface area (TPSA) is 133 Å². The van der Waals surface area contributed by atoms with Crippen LogP contribution in [0.25, 0.3) is 44.3 Å². The van der Waals surface area contributed by atoms with Gasteiger partial charge >= 0.3 is 0 Å². The number of para-hydroxylation sites is 1. The average molecular weight is 646 g/mol. The molecule has 0 aliphatic heterocycles. The van der Waals surface area contributed by atoms with Gasteiger partial charge in [0.2, 0.25) is 0 Å². The van der Waals surface area contributed by atoms with E-state index in [-0.39, 0.29) is 5.56 Å². The van der Waals surface area contributed by atoms with E-state index in [0.717, 1.165) is 50.4 Å². The Morgan fingerprint density at radius 3 is 2.66 bits per heavy atom. The largest absolute Gasteiger partial charge is 0.399 e. The van der Waals surface area contributed by atoms with Crippen molar-refractivity contribution in [2.24, 2.45) is 0 Å². The number of nitrogens with two attached hydrogens (primary N) is 1. The zero-order valence-electron chi connectivity index (χ0n) is 27.3. The Morgan fingerprint density at radius 2 is 1.87 bits per heavy atom. The maximum atomic E-state index is 14.0. The van der Waals surface area contributed by atoms with Crippen LogP contribution in [0, 0.1) is 6.92 Å². The van der Waals surface area contributed by atoms with E-state index in [4.69, 9.17) is 25.5 Å². The van der Waals surface area contributed by atoms with Gasteiger partial charge < -0.3 is 25.3 Å². The van der Waals surface area contributed by atoms with Gasteiger partial charge in [-0.05, 0) is 67.4 Å². The van der Waals surface area contributed by atoms with Gasteiger partial charge in [0.25, 0.3) is 5.56 Å². The standard InChI is InChI=1S/C35H39N9O2Si/c1-22-12-14-43-31(22)35(45)44(25-9-7-6-8-10-25)33(41-43)23(2)40-32-30-28(27-17-24(36)18-29-26(27)11-13-37-29)19-42(34(30)39-20-38-32)21-46-15-16-47(3,4)5/h6-14,17-20,23,37H,15-16,21,36H2,1-5H3,(H,38,39,40)/t23-/m0/s1. The van der Waals surface area contributed by atoms with E-state index in [2.05, 4.69) is 36.1 Å². The molecule has 7 rings (SSSR count).